The number of rotatable bonds is 11. The lowest BCUT2D eigenvalue weighted by molar-refractivity contribution is -0.139. The highest BCUT2D eigenvalue weighted by Gasteiger charge is 2.33. The minimum atomic E-state index is -4.14. The highest BCUT2D eigenvalue weighted by molar-refractivity contribution is 7.92. The molecular formula is C29H34ClN3O4S. The third-order valence-corrected chi connectivity index (χ3v) is 8.35. The van der Waals surface area contributed by atoms with Crippen LogP contribution in [0, 0.1) is 12.8 Å². The molecule has 1 atom stereocenters. The molecule has 0 aliphatic carbocycles. The molecular weight excluding hydrogens is 522 g/mol. The molecule has 38 heavy (non-hydrogen) atoms. The summed E-state index contributed by atoms with van der Waals surface area (Å²) in [6, 6.07) is 21.3. The fraction of sp³-hybridized carbons (Fsp3) is 0.310. The number of halogens is 1. The number of nitrogens with one attached hydrogen (secondary N) is 1. The molecule has 0 saturated carbocycles. The van der Waals surface area contributed by atoms with Gasteiger partial charge in [-0.3, -0.25) is 13.9 Å². The topological polar surface area (TPSA) is 86.8 Å². The van der Waals surface area contributed by atoms with Crippen molar-refractivity contribution in [3.05, 3.63) is 95.0 Å². The predicted octanol–water partition coefficient (Wildman–Crippen LogP) is 5.03. The summed E-state index contributed by atoms with van der Waals surface area (Å²) in [6.45, 7) is 7.43. The fourth-order valence-electron chi connectivity index (χ4n) is 3.91. The Morgan fingerprint density at radius 1 is 0.895 bits per heavy atom. The second-order valence-electron chi connectivity index (χ2n) is 9.53. The number of sulfonamides is 1. The van der Waals surface area contributed by atoms with Crippen LogP contribution in [0.2, 0.25) is 5.02 Å². The molecule has 202 valence electrons. The molecule has 0 radical (unpaired) electrons. The van der Waals surface area contributed by atoms with Crippen LogP contribution in [0.25, 0.3) is 0 Å². The van der Waals surface area contributed by atoms with Gasteiger partial charge >= 0.3 is 0 Å². The molecule has 3 aromatic rings. The van der Waals surface area contributed by atoms with E-state index in [-0.39, 0.29) is 23.3 Å². The first-order valence-corrected chi connectivity index (χ1v) is 14.3. The van der Waals surface area contributed by atoms with E-state index in [0.29, 0.717) is 22.8 Å². The summed E-state index contributed by atoms with van der Waals surface area (Å²) in [7, 11) is -4.14. The van der Waals surface area contributed by atoms with Crippen LogP contribution in [-0.4, -0.2) is 44.3 Å². The second kappa shape index (κ2) is 12.9. The van der Waals surface area contributed by atoms with E-state index in [9.17, 15) is 18.0 Å². The Bertz CT molecular complexity index is 1350. The van der Waals surface area contributed by atoms with Crippen molar-refractivity contribution in [2.24, 2.45) is 5.92 Å². The van der Waals surface area contributed by atoms with Crippen LogP contribution in [0.15, 0.2) is 83.8 Å². The summed E-state index contributed by atoms with van der Waals surface area (Å²) in [5.41, 5.74) is 1.64. The van der Waals surface area contributed by atoms with Gasteiger partial charge in [-0.1, -0.05) is 80.0 Å². The van der Waals surface area contributed by atoms with Gasteiger partial charge in [0.25, 0.3) is 10.0 Å². The summed E-state index contributed by atoms with van der Waals surface area (Å²) in [4.78, 5) is 28.4. The molecule has 0 heterocycles. The molecule has 7 nitrogen and oxygen atoms in total. The minimum absolute atomic E-state index is 0.0458. The number of amides is 2. The molecule has 0 unspecified atom stereocenters. The molecule has 9 heteroatoms. The second-order valence-corrected chi connectivity index (χ2v) is 11.8. The van der Waals surface area contributed by atoms with Crippen LogP contribution in [0.3, 0.4) is 0 Å². The first kappa shape index (κ1) is 29.2. The van der Waals surface area contributed by atoms with Gasteiger partial charge in [-0.25, -0.2) is 8.42 Å². The molecule has 0 aromatic heterocycles. The van der Waals surface area contributed by atoms with Gasteiger partial charge in [0.1, 0.15) is 12.6 Å². The Hall–Kier alpha value is -3.36. The number of anilines is 1. The van der Waals surface area contributed by atoms with E-state index in [0.717, 1.165) is 9.87 Å². The maximum atomic E-state index is 13.9. The number of carbonyl (C=O) groups excluding carboxylic acids is 2. The van der Waals surface area contributed by atoms with Crippen molar-refractivity contribution in [2.75, 3.05) is 17.4 Å². The van der Waals surface area contributed by atoms with E-state index in [2.05, 4.69) is 5.32 Å². The lowest BCUT2D eigenvalue weighted by Gasteiger charge is -2.32. The number of hydrogen-bond acceptors (Lipinski definition) is 4. The lowest BCUT2D eigenvalue weighted by atomic mass is 10.1. The van der Waals surface area contributed by atoms with Gasteiger partial charge in [-0.2, -0.15) is 0 Å². The number of nitrogens with zero attached hydrogens (tertiary/aromatic N) is 2. The molecule has 0 spiro atoms. The van der Waals surface area contributed by atoms with Gasteiger partial charge < -0.3 is 10.2 Å². The molecule has 2 amide bonds. The minimum Gasteiger partial charge on any atom is -0.354 e. The molecule has 0 aliphatic rings. The molecule has 0 fully saturated rings. The fourth-order valence-corrected chi connectivity index (χ4v) is 5.58. The Kier molecular flexibility index (Phi) is 9.94. The Labute approximate surface area is 230 Å². The predicted molar refractivity (Wildman–Crippen MR) is 151 cm³/mol. The quantitative estimate of drug-likeness (QED) is 0.359. The zero-order chi connectivity index (χ0) is 27.9. The monoisotopic (exact) mass is 555 g/mol. The van der Waals surface area contributed by atoms with Crippen molar-refractivity contribution in [1.82, 2.24) is 10.2 Å². The van der Waals surface area contributed by atoms with E-state index < -0.39 is 28.5 Å². The SMILES string of the molecule is Cc1c(Cl)cccc1N(CC(=O)N(Cc1ccccc1)[C@H](C)C(=O)NCC(C)C)S(=O)(=O)c1ccccc1. The van der Waals surface area contributed by atoms with E-state index in [1.54, 1.807) is 50.2 Å². The van der Waals surface area contributed by atoms with Gasteiger partial charge in [0.15, 0.2) is 0 Å². The van der Waals surface area contributed by atoms with E-state index in [1.807, 2.05) is 44.2 Å². The lowest BCUT2D eigenvalue weighted by Crippen LogP contribution is -2.51. The summed E-state index contributed by atoms with van der Waals surface area (Å²) in [5.74, 6) is -0.582. The Balaban J connectivity index is 2.03. The van der Waals surface area contributed by atoms with Crippen molar-refractivity contribution >= 4 is 39.1 Å². The maximum absolute atomic E-state index is 13.9. The van der Waals surface area contributed by atoms with E-state index >= 15 is 0 Å². The van der Waals surface area contributed by atoms with Crippen molar-refractivity contribution in [2.45, 2.75) is 45.2 Å². The maximum Gasteiger partial charge on any atom is 0.264 e. The molecule has 0 aliphatic heterocycles. The van der Waals surface area contributed by atoms with Crippen LogP contribution in [0.4, 0.5) is 5.69 Å². The normalized spacial score (nSPS) is 12.2. The zero-order valence-electron chi connectivity index (χ0n) is 22.1. The molecule has 0 saturated heterocycles. The van der Waals surface area contributed by atoms with E-state index in [1.165, 1.54) is 17.0 Å². The Morgan fingerprint density at radius 3 is 2.11 bits per heavy atom. The molecule has 3 rings (SSSR count). The third-order valence-electron chi connectivity index (χ3n) is 6.17. The van der Waals surface area contributed by atoms with Crippen LogP contribution in [-0.2, 0) is 26.2 Å². The number of hydrogen-bond donors (Lipinski definition) is 1. The standard InChI is InChI=1S/C29H34ClN3O4S/c1-21(2)18-31-29(35)23(4)32(19-24-12-7-5-8-13-24)28(34)20-33(27-17-11-16-26(30)22(27)3)38(36,37)25-14-9-6-10-15-25/h5-17,21,23H,18-20H2,1-4H3,(H,31,35)/t23-/m1/s1. The summed E-state index contributed by atoms with van der Waals surface area (Å²) >= 11 is 6.34. The summed E-state index contributed by atoms with van der Waals surface area (Å²) < 4.78 is 28.7. The van der Waals surface area contributed by atoms with Gasteiger partial charge in [0.2, 0.25) is 11.8 Å². The van der Waals surface area contributed by atoms with Gasteiger partial charge in [-0.05, 0) is 55.2 Å². The van der Waals surface area contributed by atoms with Crippen LogP contribution >= 0.6 is 11.6 Å². The number of benzene rings is 3. The number of carbonyl (C=O) groups is 2. The van der Waals surface area contributed by atoms with Gasteiger partial charge in [0.05, 0.1) is 10.6 Å². The van der Waals surface area contributed by atoms with Gasteiger partial charge in [-0.15, -0.1) is 0 Å². The highest BCUT2D eigenvalue weighted by atomic mass is 35.5. The van der Waals surface area contributed by atoms with Crippen molar-refractivity contribution in [3.8, 4) is 0 Å². The summed E-state index contributed by atoms with van der Waals surface area (Å²) in [6.07, 6.45) is 0. The van der Waals surface area contributed by atoms with Crippen molar-refractivity contribution < 1.29 is 18.0 Å². The molecule has 0 bridgehead atoms. The highest BCUT2D eigenvalue weighted by Crippen LogP contribution is 2.31. The average Bonchev–Trinajstić information content (AvgIpc) is 2.91. The van der Waals surface area contributed by atoms with Crippen molar-refractivity contribution in [3.63, 3.8) is 0 Å². The molecule has 3 aromatic carbocycles. The van der Waals surface area contributed by atoms with Crippen LogP contribution < -0.4 is 9.62 Å². The average molecular weight is 556 g/mol. The first-order chi connectivity index (χ1) is 18.0. The van der Waals surface area contributed by atoms with E-state index in [4.69, 9.17) is 11.6 Å². The first-order valence-electron chi connectivity index (χ1n) is 12.5. The largest absolute Gasteiger partial charge is 0.354 e. The molecule has 1 N–H and O–H groups in total. The zero-order valence-corrected chi connectivity index (χ0v) is 23.7. The van der Waals surface area contributed by atoms with Crippen LogP contribution in [0.5, 0.6) is 0 Å². The third kappa shape index (κ3) is 7.14. The van der Waals surface area contributed by atoms with Gasteiger partial charge in [0, 0.05) is 18.1 Å². The van der Waals surface area contributed by atoms with Crippen LogP contribution in [0.1, 0.15) is 31.9 Å². The summed E-state index contributed by atoms with van der Waals surface area (Å²) in [5, 5.41) is 3.26. The smallest absolute Gasteiger partial charge is 0.264 e. The Morgan fingerprint density at radius 2 is 1.50 bits per heavy atom. The van der Waals surface area contributed by atoms with Crippen molar-refractivity contribution in [1.29, 1.82) is 0 Å².